The van der Waals surface area contributed by atoms with Crippen LogP contribution in [0, 0.1) is 0 Å². The normalized spacial score (nSPS) is 15.1. The van der Waals surface area contributed by atoms with Crippen molar-refractivity contribution in [3.05, 3.63) is 54.1 Å². The van der Waals surface area contributed by atoms with Crippen molar-refractivity contribution < 1.29 is 19.1 Å². The highest BCUT2D eigenvalue weighted by Crippen LogP contribution is 2.23. The van der Waals surface area contributed by atoms with E-state index in [4.69, 9.17) is 15.2 Å². The van der Waals surface area contributed by atoms with E-state index in [1.54, 1.807) is 31.4 Å². The van der Waals surface area contributed by atoms with Gasteiger partial charge in [0.25, 0.3) is 0 Å². The Bertz CT molecular complexity index is 784. The van der Waals surface area contributed by atoms with Gasteiger partial charge in [-0.05, 0) is 42.0 Å². The van der Waals surface area contributed by atoms with Crippen LogP contribution in [0.15, 0.2) is 48.5 Å². The zero-order valence-corrected chi connectivity index (χ0v) is 15.2. The monoisotopic (exact) mass is 369 g/mol. The number of carbonyl (C=O) groups is 2. The number of ether oxygens (including phenoxy) is 2. The molecule has 1 aliphatic rings. The maximum Gasteiger partial charge on any atom is 0.241 e. The van der Waals surface area contributed by atoms with Crippen LogP contribution in [0.1, 0.15) is 11.5 Å². The average Bonchev–Trinajstić information content (AvgIpc) is 2.69. The van der Waals surface area contributed by atoms with Gasteiger partial charge in [-0.15, -0.1) is 0 Å². The summed E-state index contributed by atoms with van der Waals surface area (Å²) in [6, 6.07) is 14.2. The predicted molar refractivity (Wildman–Crippen MR) is 103 cm³/mol. The Labute approximate surface area is 158 Å². The summed E-state index contributed by atoms with van der Waals surface area (Å²) in [6.45, 7) is 3.10. The van der Waals surface area contributed by atoms with Gasteiger partial charge >= 0.3 is 0 Å². The third-order valence-corrected chi connectivity index (χ3v) is 4.51. The van der Waals surface area contributed by atoms with Crippen molar-refractivity contribution in [2.24, 2.45) is 5.73 Å². The van der Waals surface area contributed by atoms with E-state index < -0.39 is 17.7 Å². The molecule has 7 nitrogen and oxygen atoms in total. The van der Waals surface area contributed by atoms with Gasteiger partial charge in [0.05, 0.1) is 20.3 Å². The van der Waals surface area contributed by atoms with E-state index in [0.717, 1.165) is 18.8 Å². The van der Waals surface area contributed by atoms with Gasteiger partial charge in [0.15, 0.2) is 0 Å². The van der Waals surface area contributed by atoms with Gasteiger partial charge < -0.3 is 25.4 Å². The van der Waals surface area contributed by atoms with Crippen LogP contribution in [-0.2, 0) is 14.3 Å². The summed E-state index contributed by atoms with van der Waals surface area (Å²) in [5.74, 6) is -1.61. The van der Waals surface area contributed by atoms with Crippen molar-refractivity contribution in [2.75, 3.05) is 43.6 Å². The molecule has 0 saturated carbocycles. The fourth-order valence-corrected chi connectivity index (χ4v) is 3.03. The molecular formula is C20H23N3O4. The van der Waals surface area contributed by atoms with E-state index >= 15 is 0 Å². The Kier molecular flexibility index (Phi) is 5.93. The average molecular weight is 369 g/mol. The summed E-state index contributed by atoms with van der Waals surface area (Å²) in [5, 5.41) is 2.77. The second-order valence-corrected chi connectivity index (χ2v) is 6.24. The SMILES string of the molecule is COc1ccc([C@@H](C(N)=O)C(=O)Nc2ccc(N3CCOCC3)cc2)cc1. The maximum atomic E-state index is 12.6. The fourth-order valence-electron chi connectivity index (χ4n) is 3.03. The van der Waals surface area contributed by atoms with Gasteiger partial charge in [-0.3, -0.25) is 9.59 Å². The molecule has 0 unspecified atom stereocenters. The zero-order valence-electron chi connectivity index (χ0n) is 15.2. The first-order valence-electron chi connectivity index (χ1n) is 8.75. The lowest BCUT2D eigenvalue weighted by Crippen LogP contribution is -2.36. The predicted octanol–water partition coefficient (Wildman–Crippen LogP) is 1.74. The lowest BCUT2D eigenvalue weighted by molar-refractivity contribution is -0.127. The summed E-state index contributed by atoms with van der Waals surface area (Å²) in [6.07, 6.45) is 0. The number of primary amides is 1. The molecule has 7 heteroatoms. The molecule has 1 atom stereocenters. The second kappa shape index (κ2) is 8.55. The van der Waals surface area contributed by atoms with Crippen molar-refractivity contribution in [3.63, 3.8) is 0 Å². The number of nitrogens with zero attached hydrogens (tertiary/aromatic N) is 1. The largest absolute Gasteiger partial charge is 0.497 e. The molecule has 0 bridgehead atoms. The Morgan fingerprint density at radius 1 is 1.07 bits per heavy atom. The van der Waals surface area contributed by atoms with Gasteiger partial charge in [0.1, 0.15) is 11.7 Å². The van der Waals surface area contributed by atoms with E-state index in [-0.39, 0.29) is 0 Å². The molecule has 1 heterocycles. The Morgan fingerprint density at radius 3 is 2.26 bits per heavy atom. The van der Waals surface area contributed by atoms with Crippen LogP contribution in [0.2, 0.25) is 0 Å². The summed E-state index contributed by atoms with van der Waals surface area (Å²) in [7, 11) is 1.55. The zero-order chi connectivity index (χ0) is 19.2. The summed E-state index contributed by atoms with van der Waals surface area (Å²) in [4.78, 5) is 26.7. The summed E-state index contributed by atoms with van der Waals surface area (Å²) >= 11 is 0. The molecule has 0 aliphatic carbocycles. The molecule has 1 fully saturated rings. The van der Waals surface area contributed by atoms with Crippen LogP contribution in [0.25, 0.3) is 0 Å². The van der Waals surface area contributed by atoms with Gasteiger partial charge in [-0.2, -0.15) is 0 Å². The molecule has 3 rings (SSSR count). The van der Waals surface area contributed by atoms with Crippen LogP contribution in [0.4, 0.5) is 11.4 Å². The lowest BCUT2D eigenvalue weighted by atomic mass is 9.97. The molecule has 2 aromatic carbocycles. The smallest absolute Gasteiger partial charge is 0.241 e. The number of hydrogen-bond acceptors (Lipinski definition) is 5. The molecule has 1 saturated heterocycles. The van der Waals surface area contributed by atoms with Gasteiger partial charge in [-0.1, -0.05) is 12.1 Å². The quantitative estimate of drug-likeness (QED) is 0.757. The van der Waals surface area contributed by atoms with E-state index in [1.807, 2.05) is 24.3 Å². The number of rotatable bonds is 6. The summed E-state index contributed by atoms with van der Waals surface area (Å²) in [5.41, 5.74) is 7.66. The topological polar surface area (TPSA) is 93.9 Å². The Hall–Kier alpha value is -3.06. The molecule has 0 radical (unpaired) electrons. The Morgan fingerprint density at radius 2 is 1.70 bits per heavy atom. The molecule has 2 aromatic rings. The van der Waals surface area contributed by atoms with Gasteiger partial charge in [0, 0.05) is 24.5 Å². The molecule has 0 aromatic heterocycles. The van der Waals surface area contributed by atoms with Crippen molar-refractivity contribution >= 4 is 23.2 Å². The molecular weight excluding hydrogens is 346 g/mol. The molecule has 0 spiro atoms. The molecule has 2 amide bonds. The highest BCUT2D eigenvalue weighted by Gasteiger charge is 2.26. The number of anilines is 2. The lowest BCUT2D eigenvalue weighted by Gasteiger charge is -2.29. The van der Waals surface area contributed by atoms with Gasteiger partial charge in [-0.25, -0.2) is 0 Å². The minimum atomic E-state index is -1.07. The standard InChI is InChI=1S/C20H23N3O4/c1-26-17-8-2-14(3-9-17)18(19(21)24)20(25)22-15-4-6-16(7-5-15)23-10-12-27-13-11-23/h2-9,18H,10-13H2,1H3,(H2,21,24)(H,22,25)/t18-/m0/s1. The molecule has 142 valence electrons. The minimum Gasteiger partial charge on any atom is -0.497 e. The second-order valence-electron chi connectivity index (χ2n) is 6.24. The first-order chi connectivity index (χ1) is 13.1. The number of methoxy groups -OCH3 is 1. The summed E-state index contributed by atoms with van der Waals surface area (Å²) < 4.78 is 10.5. The van der Waals surface area contributed by atoms with Crippen LogP contribution in [-0.4, -0.2) is 45.2 Å². The highest BCUT2D eigenvalue weighted by molar-refractivity contribution is 6.10. The number of hydrogen-bond donors (Lipinski definition) is 2. The first kappa shape index (κ1) is 18.7. The van der Waals surface area contributed by atoms with E-state index in [2.05, 4.69) is 10.2 Å². The van der Waals surface area contributed by atoms with Crippen LogP contribution in [0.5, 0.6) is 5.75 Å². The number of morpholine rings is 1. The number of carbonyl (C=O) groups excluding carboxylic acids is 2. The molecule has 27 heavy (non-hydrogen) atoms. The van der Waals surface area contributed by atoms with Crippen molar-refractivity contribution in [1.29, 1.82) is 0 Å². The van der Waals surface area contributed by atoms with Crippen LogP contribution in [0.3, 0.4) is 0 Å². The third-order valence-electron chi connectivity index (χ3n) is 4.51. The van der Waals surface area contributed by atoms with Crippen LogP contribution >= 0.6 is 0 Å². The third kappa shape index (κ3) is 4.57. The van der Waals surface area contributed by atoms with Crippen molar-refractivity contribution in [3.8, 4) is 5.75 Å². The van der Waals surface area contributed by atoms with Crippen LogP contribution < -0.4 is 20.7 Å². The molecule has 3 N–H and O–H groups in total. The Balaban J connectivity index is 1.70. The van der Waals surface area contributed by atoms with Gasteiger partial charge in [0.2, 0.25) is 11.8 Å². The van der Waals surface area contributed by atoms with E-state index in [9.17, 15) is 9.59 Å². The number of nitrogens with two attached hydrogens (primary N) is 1. The van der Waals surface area contributed by atoms with E-state index in [0.29, 0.717) is 30.2 Å². The minimum absolute atomic E-state index is 0.466. The van der Waals surface area contributed by atoms with Crippen molar-refractivity contribution in [1.82, 2.24) is 0 Å². The number of nitrogens with one attached hydrogen (secondary N) is 1. The molecule has 1 aliphatic heterocycles. The number of benzene rings is 2. The maximum absolute atomic E-state index is 12.6. The van der Waals surface area contributed by atoms with E-state index in [1.165, 1.54) is 0 Å². The fraction of sp³-hybridized carbons (Fsp3) is 0.300. The first-order valence-corrected chi connectivity index (χ1v) is 8.75. The highest BCUT2D eigenvalue weighted by atomic mass is 16.5. The number of amides is 2. The van der Waals surface area contributed by atoms with Crippen molar-refractivity contribution in [2.45, 2.75) is 5.92 Å².